The zero-order valence-electron chi connectivity index (χ0n) is 23.1. The summed E-state index contributed by atoms with van der Waals surface area (Å²) < 4.78 is 0. The van der Waals surface area contributed by atoms with Gasteiger partial charge in [0, 0.05) is 42.3 Å². The second-order valence-electron chi connectivity index (χ2n) is 10.9. The van der Waals surface area contributed by atoms with Crippen molar-refractivity contribution in [1.29, 1.82) is 0 Å². The molecular formula is C33H37N5O2. The van der Waals surface area contributed by atoms with E-state index in [4.69, 9.17) is 4.98 Å². The fourth-order valence-corrected chi connectivity index (χ4v) is 5.92. The third-order valence-electron chi connectivity index (χ3n) is 8.18. The fourth-order valence-electron chi connectivity index (χ4n) is 5.92. The van der Waals surface area contributed by atoms with E-state index in [9.17, 15) is 9.90 Å². The van der Waals surface area contributed by atoms with Gasteiger partial charge in [0.05, 0.1) is 18.3 Å². The van der Waals surface area contributed by atoms with Crippen molar-refractivity contribution in [3.8, 4) is 17.0 Å². The number of aromatic hydroxyl groups is 1. The number of imidazole rings is 1. The molecule has 1 atom stereocenters. The van der Waals surface area contributed by atoms with Gasteiger partial charge in [-0.15, -0.1) is 0 Å². The van der Waals surface area contributed by atoms with Gasteiger partial charge in [0.15, 0.2) is 0 Å². The molecule has 5 aromatic rings. The first-order chi connectivity index (χ1) is 19.6. The Morgan fingerprint density at radius 2 is 1.90 bits per heavy atom. The van der Waals surface area contributed by atoms with Crippen LogP contribution in [0.1, 0.15) is 50.0 Å². The molecule has 7 nitrogen and oxygen atoms in total. The largest absolute Gasteiger partial charge is 0.508 e. The number of unbranched alkanes of at least 4 members (excludes halogenated alkanes) is 3. The molecule has 3 N–H and O–H groups in total. The number of carbonyl (C=O) groups is 1. The minimum atomic E-state index is -0.153. The van der Waals surface area contributed by atoms with Crippen molar-refractivity contribution >= 4 is 27.6 Å². The molecule has 3 aromatic carbocycles. The molecule has 40 heavy (non-hydrogen) atoms. The summed E-state index contributed by atoms with van der Waals surface area (Å²) in [5, 5.41) is 13.3. The first-order valence-corrected chi connectivity index (χ1v) is 14.4. The zero-order chi connectivity index (χ0) is 27.5. The predicted octanol–water partition coefficient (Wildman–Crippen LogP) is 6.43. The van der Waals surface area contributed by atoms with Crippen LogP contribution in [0.4, 0.5) is 0 Å². The number of phenolic OH excluding ortho intramolecular Hbond substituents is 1. The number of carbonyl (C=O) groups excluding carboxylic acids is 1. The molecule has 1 fully saturated rings. The van der Waals surface area contributed by atoms with Crippen molar-refractivity contribution in [3.63, 3.8) is 0 Å². The Labute approximate surface area is 234 Å². The number of H-pyrrole nitrogens is 2. The maximum atomic E-state index is 13.8. The van der Waals surface area contributed by atoms with Crippen LogP contribution in [0, 0.1) is 0 Å². The van der Waals surface area contributed by atoms with Gasteiger partial charge in [-0.1, -0.05) is 62.6 Å². The van der Waals surface area contributed by atoms with Gasteiger partial charge in [-0.25, -0.2) is 4.98 Å². The molecule has 1 amide bonds. The third kappa shape index (κ3) is 5.47. The van der Waals surface area contributed by atoms with Gasteiger partial charge in [0.2, 0.25) is 5.91 Å². The number of aromatic amines is 2. The van der Waals surface area contributed by atoms with E-state index in [2.05, 4.69) is 64.3 Å². The monoisotopic (exact) mass is 535 g/mol. The number of phenols is 1. The smallest absolute Gasteiger partial charge is 0.227 e. The molecule has 0 spiro atoms. The third-order valence-corrected chi connectivity index (χ3v) is 8.18. The van der Waals surface area contributed by atoms with Crippen LogP contribution in [-0.4, -0.2) is 61.9 Å². The lowest BCUT2D eigenvalue weighted by atomic mass is 10.1. The van der Waals surface area contributed by atoms with E-state index in [1.54, 1.807) is 12.1 Å². The lowest BCUT2D eigenvalue weighted by molar-refractivity contribution is -0.135. The van der Waals surface area contributed by atoms with Crippen LogP contribution in [0.3, 0.4) is 0 Å². The number of piperazine rings is 1. The molecule has 6 rings (SSSR count). The minimum absolute atomic E-state index is 0.0727. The molecule has 0 radical (unpaired) electrons. The summed E-state index contributed by atoms with van der Waals surface area (Å²) in [6.45, 7) is 5.56. The summed E-state index contributed by atoms with van der Waals surface area (Å²) in [5.74, 6) is 1.10. The Balaban J connectivity index is 1.25. The number of nitrogens with zero attached hydrogens (tertiary/aromatic N) is 3. The van der Waals surface area contributed by atoms with Crippen LogP contribution in [0.2, 0.25) is 0 Å². The van der Waals surface area contributed by atoms with Crippen molar-refractivity contribution in [2.45, 2.75) is 45.1 Å². The van der Waals surface area contributed by atoms with E-state index in [-0.39, 0.29) is 24.1 Å². The Kier molecular flexibility index (Phi) is 7.55. The molecule has 7 heteroatoms. The Bertz CT molecular complexity index is 1620. The fraction of sp³-hybridized carbons (Fsp3) is 0.333. The van der Waals surface area contributed by atoms with Gasteiger partial charge in [-0.2, -0.15) is 0 Å². The normalized spacial score (nSPS) is 16.2. The number of aromatic nitrogens is 3. The number of hydrogen-bond donors (Lipinski definition) is 3. The molecule has 206 valence electrons. The van der Waals surface area contributed by atoms with Gasteiger partial charge in [-0.05, 0) is 53.6 Å². The van der Waals surface area contributed by atoms with Crippen LogP contribution >= 0.6 is 0 Å². The first kappa shape index (κ1) is 26.1. The molecule has 1 aliphatic heterocycles. The van der Waals surface area contributed by atoms with Gasteiger partial charge < -0.3 is 20.0 Å². The average Bonchev–Trinajstić information content (AvgIpc) is 3.63. The summed E-state index contributed by atoms with van der Waals surface area (Å²) in [5.41, 5.74) is 3.86. The number of amides is 1. The van der Waals surface area contributed by atoms with Crippen LogP contribution < -0.4 is 0 Å². The van der Waals surface area contributed by atoms with E-state index in [0.29, 0.717) is 6.54 Å². The molecule has 3 heterocycles. The number of benzene rings is 3. The summed E-state index contributed by atoms with van der Waals surface area (Å²) >= 11 is 0. The first-order valence-electron chi connectivity index (χ1n) is 14.4. The number of rotatable bonds is 9. The predicted molar refractivity (Wildman–Crippen MR) is 160 cm³/mol. The van der Waals surface area contributed by atoms with Crippen LogP contribution in [0.5, 0.6) is 5.75 Å². The highest BCUT2D eigenvalue weighted by Gasteiger charge is 2.33. The van der Waals surface area contributed by atoms with Gasteiger partial charge in [0.25, 0.3) is 0 Å². The molecule has 1 aliphatic rings. The van der Waals surface area contributed by atoms with E-state index < -0.39 is 0 Å². The molecular weight excluding hydrogens is 498 g/mol. The van der Waals surface area contributed by atoms with Gasteiger partial charge >= 0.3 is 0 Å². The summed E-state index contributed by atoms with van der Waals surface area (Å²) in [4.78, 5) is 29.9. The molecule has 2 aromatic heterocycles. The van der Waals surface area contributed by atoms with Gasteiger partial charge in [-0.3, -0.25) is 9.69 Å². The second-order valence-corrected chi connectivity index (χ2v) is 10.9. The summed E-state index contributed by atoms with van der Waals surface area (Å²) in [6.07, 6.45) is 8.94. The highest BCUT2D eigenvalue weighted by atomic mass is 16.3. The quantitative estimate of drug-likeness (QED) is 0.190. The van der Waals surface area contributed by atoms with Crippen molar-refractivity contribution in [2.75, 3.05) is 26.2 Å². The molecule has 0 aliphatic carbocycles. The Morgan fingerprint density at radius 3 is 2.77 bits per heavy atom. The molecule has 1 unspecified atom stereocenters. The van der Waals surface area contributed by atoms with E-state index in [0.717, 1.165) is 53.2 Å². The highest BCUT2D eigenvalue weighted by molar-refractivity contribution is 5.90. The summed E-state index contributed by atoms with van der Waals surface area (Å²) in [7, 11) is 0. The Morgan fingerprint density at radius 1 is 1.02 bits per heavy atom. The zero-order valence-corrected chi connectivity index (χ0v) is 23.1. The highest BCUT2D eigenvalue weighted by Crippen LogP contribution is 2.30. The van der Waals surface area contributed by atoms with Crippen molar-refractivity contribution in [2.24, 2.45) is 0 Å². The van der Waals surface area contributed by atoms with Gasteiger partial charge in [0.1, 0.15) is 17.6 Å². The van der Waals surface area contributed by atoms with E-state index in [1.165, 1.54) is 36.5 Å². The number of hydrogen-bond acceptors (Lipinski definition) is 4. The second kappa shape index (κ2) is 11.6. The number of fused-ring (bicyclic) bond motifs is 2. The standard InChI is InChI=1S/C33H37N5O2/c1-2-3-4-7-14-37-15-16-38(32(40)18-26-20-34-29-13-12-27(39)19-28(26)29)31(22-37)33-35-21-30(36-33)25-11-10-23-8-5-6-9-24(23)17-25/h5-6,8-13,17,19-21,31,34,39H,2-4,7,14-16,18,22H2,1H3,(H,35,36). The SMILES string of the molecule is CCCCCCN1CCN(C(=O)Cc2c[nH]c3ccc(O)cc23)C(c2ncc(-c3ccc4ccccc4c3)[nH]2)C1. The van der Waals surface area contributed by atoms with Crippen LogP contribution in [0.15, 0.2) is 73.1 Å². The Hall–Kier alpha value is -4.10. The van der Waals surface area contributed by atoms with Crippen molar-refractivity contribution < 1.29 is 9.90 Å². The summed E-state index contributed by atoms with van der Waals surface area (Å²) in [6, 6.07) is 19.9. The average molecular weight is 536 g/mol. The van der Waals surface area contributed by atoms with Crippen molar-refractivity contribution in [3.05, 3.63) is 84.4 Å². The van der Waals surface area contributed by atoms with Crippen molar-refractivity contribution in [1.82, 2.24) is 24.8 Å². The molecule has 1 saturated heterocycles. The topological polar surface area (TPSA) is 88.2 Å². The van der Waals surface area contributed by atoms with E-state index in [1.807, 2.05) is 23.4 Å². The van der Waals surface area contributed by atoms with E-state index >= 15 is 0 Å². The lowest BCUT2D eigenvalue weighted by Crippen LogP contribution is -2.51. The lowest BCUT2D eigenvalue weighted by Gasteiger charge is -2.40. The van der Waals surface area contributed by atoms with Crippen LogP contribution in [-0.2, 0) is 11.2 Å². The molecule has 0 bridgehead atoms. The van der Waals surface area contributed by atoms with Crippen LogP contribution in [0.25, 0.3) is 32.9 Å². The maximum absolute atomic E-state index is 13.8. The maximum Gasteiger partial charge on any atom is 0.227 e. The molecule has 0 saturated carbocycles. The minimum Gasteiger partial charge on any atom is -0.508 e. The number of nitrogens with one attached hydrogen (secondary N) is 2.